The topological polar surface area (TPSA) is 46.6 Å². The second-order valence-corrected chi connectivity index (χ2v) is 7.30. The van der Waals surface area contributed by atoms with Crippen molar-refractivity contribution in [1.29, 1.82) is 0 Å². The predicted molar refractivity (Wildman–Crippen MR) is 97.7 cm³/mol. The molecule has 1 fully saturated rings. The lowest BCUT2D eigenvalue weighted by molar-refractivity contribution is 0.0649. The number of hydrogen-bond acceptors (Lipinski definition) is 3. The number of carbonyl (C=O) groups excluding carboxylic acids is 2. The normalized spacial score (nSPS) is 18.0. The molecular formula is C21H29NO3. The van der Waals surface area contributed by atoms with Crippen molar-refractivity contribution in [1.82, 2.24) is 4.90 Å². The first kappa shape index (κ1) is 18.1. The molecule has 0 N–H and O–H groups in total. The quantitative estimate of drug-likeness (QED) is 0.492. The van der Waals surface area contributed by atoms with Crippen LogP contribution in [0.3, 0.4) is 0 Å². The van der Waals surface area contributed by atoms with Crippen LogP contribution in [0.4, 0.5) is 0 Å². The van der Waals surface area contributed by atoms with Crippen LogP contribution >= 0.6 is 0 Å². The van der Waals surface area contributed by atoms with E-state index in [1.807, 2.05) is 0 Å². The number of unbranched alkanes of at least 4 members (excludes halogenated alkanes) is 3. The third-order valence-corrected chi connectivity index (χ3v) is 5.38. The lowest BCUT2D eigenvalue weighted by Crippen LogP contribution is -2.30. The number of imide groups is 1. The van der Waals surface area contributed by atoms with E-state index in [2.05, 4.69) is 0 Å². The monoisotopic (exact) mass is 343 g/mol. The van der Waals surface area contributed by atoms with E-state index >= 15 is 0 Å². The summed E-state index contributed by atoms with van der Waals surface area (Å²) in [5, 5.41) is 0. The number of amides is 2. The summed E-state index contributed by atoms with van der Waals surface area (Å²) in [7, 11) is 0. The van der Waals surface area contributed by atoms with E-state index in [4.69, 9.17) is 4.74 Å². The van der Waals surface area contributed by atoms with Crippen LogP contribution in [-0.2, 0) is 4.74 Å². The van der Waals surface area contributed by atoms with Crippen LogP contribution < -0.4 is 0 Å². The number of carbonyl (C=O) groups is 2. The maximum Gasteiger partial charge on any atom is 0.261 e. The molecule has 0 unspecified atom stereocenters. The molecule has 3 rings (SSSR count). The summed E-state index contributed by atoms with van der Waals surface area (Å²) < 4.78 is 5.81. The molecule has 0 atom stereocenters. The van der Waals surface area contributed by atoms with Gasteiger partial charge in [0, 0.05) is 19.8 Å². The molecule has 4 nitrogen and oxygen atoms in total. The van der Waals surface area contributed by atoms with Crippen LogP contribution in [0, 0.1) is 5.92 Å². The largest absolute Gasteiger partial charge is 0.381 e. The molecule has 1 saturated carbocycles. The summed E-state index contributed by atoms with van der Waals surface area (Å²) >= 11 is 0. The second-order valence-electron chi connectivity index (χ2n) is 7.30. The highest BCUT2D eigenvalue weighted by molar-refractivity contribution is 6.21. The summed E-state index contributed by atoms with van der Waals surface area (Å²) in [6.45, 7) is 2.29. The van der Waals surface area contributed by atoms with Crippen LogP contribution in [0.5, 0.6) is 0 Å². The molecule has 0 saturated heterocycles. The second kappa shape index (κ2) is 9.14. The summed E-state index contributed by atoms with van der Waals surface area (Å²) in [6, 6.07) is 7.08. The van der Waals surface area contributed by atoms with Crippen LogP contribution in [0.15, 0.2) is 24.3 Å². The number of nitrogens with zero attached hydrogens (tertiary/aromatic N) is 1. The molecule has 4 heteroatoms. The van der Waals surface area contributed by atoms with E-state index in [9.17, 15) is 9.59 Å². The van der Waals surface area contributed by atoms with E-state index in [-0.39, 0.29) is 11.8 Å². The van der Waals surface area contributed by atoms with Gasteiger partial charge < -0.3 is 4.74 Å². The minimum absolute atomic E-state index is 0.142. The van der Waals surface area contributed by atoms with Crippen molar-refractivity contribution in [2.24, 2.45) is 5.92 Å². The Bertz CT molecular complexity index is 558. The fraction of sp³-hybridized carbons (Fsp3) is 0.619. The Kier molecular flexibility index (Phi) is 6.62. The Balaban J connectivity index is 1.26. The van der Waals surface area contributed by atoms with Gasteiger partial charge in [-0.1, -0.05) is 44.2 Å². The van der Waals surface area contributed by atoms with E-state index in [0.717, 1.165) is 44.8 Å². The Labute approximate surface area is 150 Å². The van der Waals surface area contributed by atoms with Gasteiger partial charge in [-0.3, -0.25) is 14.5 Å². The molecule has 1 aliphatic heterocycles. The summed E-state index contributed by atoms with van der Waals surface area (Å²) in [5.41, 5.74) is 1.09. The molecule has 1 aromatic rings. The highest BCUT2D eigenvalue weighted by Gasteiger charge is 2.34. The van der Waals surface area contributed by atoms with Gasteiger partial charge in [-0.25, -0.2) is 0 Å². The predicted octanol–water partition coefficient (Wildman–Crippen LogP) is 4.44. The van der Waals surface area contributed by atoms with Crippen molar-refractivity contribution >= 4 is 11.8 Å². The minimum Gasteiger partial charge on any atom is -0.381 e. The fourth-order valence-corrected chi connectivity index (χ4v) is 3.87. The van der Waals surface area contributed by atoms with Crippen molar-refractivity contribution in [3.05, 3.63) is 35.4 Å². The Morgan fingerprint density at radius 1 is 0.880 bits per heavy atom. The average Bonchev–Trinajstić information content (AvgIpc) is 2.90. The van der Waals surface area contributed by atoms with Gasteiger partial charge in [0.05, 0.1) is 11.1 Å². The first-order valence-corrected chi connectivity index (χ1v) is 9.80. The number of fused-ring (bicyclic) bond motifs is 1. The lowest BCUT2D eigenvalue weighted by atomic mass is 9.90. The highest BCUT2D eigenvalue weighted by atomic mass is 16.5. The number of ether oxygens (including phenoxy) is 1. The Morgan fingerprint density at radius 3 is 2.20 bits per heavy atom. The number of rotatable bonds is 9. The molecule has 2 amide bonds. The molecule has 1 heterocycles. The SMILES string of the molecule is O=C1c2ccccc2C(=O)N1CCCCCCOCC1CCCCC1. The third kappa shape index (κ3) is 4.69. The van der Waals surface area contributed by atoms with Gasteiger partial charge in [0.2, 0.25) is 0 Å². The lowest BCUT2D eigenvalue weighted by Gasteiger charge is -2.21. The van der Waals surface area contributed by atoms with Crippen LogP contribution in [0.2, 0.25) is 0 Å². The smallest absolute Gasteiger partial charge is 0.261 e. The first-order chi connectivity index (χ1) is 12.3. The van der Waals surface area contributed by atoms with Gasteiger partial charge in [-0.2, -0.15) is 0 Å². The van der Waals surface area contributed by atoms with Gasteiger partial charge in [0.1, 0.15) is 0 Å². The summed E-state index contributed by atoms with van der Waals surface area (Å²) in [5.74, 6) is 0.496. The fourth-order valence-electron chi connectivity index (χ4n) is 3.87. The van der Waals surface area contributed by atoms with Crippen molar-refractivity contribution in [3.8, 4) is 0 Å². The molecule has 0 spiro atoms. The molecule has 136 valence electrons. The van der Waals surface area contributed by atoms with Crippen molar-refractivity contribution in [2.75, 3.05) is 19.8 Å². The van der Waals surface area contributed by atoms with Crippen LogP contribution in [0.1, 0.15) is 78.5 Å². The molecule has 2 aliphatic rings. The van der Waals surface area contributed by atoms with Gasteiger partial charge in [-0.05, 0) is 43.7 Å². The number of benzene rings is 1. The molecule has 1 aromatic carbocycles. The van der Waals surface area contributed by atoms with Crippen molar-refractivity contribution in [3.63, 3.8) is 0 Å². The van der Waals surface area contributed by atoms with E-state index in [0.29, 0.717) is 17.7 Å². The molecule has 0 radical (unpaired) electrons. The zero-order valence-electron chi connectivity index (χ0n) is 15.0. The molecule has 25 heavy (non-hydrogen) atoms. The molecule has 0 bridgehead atoms. The van der Waals surface area contributed by atoms with Crippen molar-refractivity contribution in [2.45, 2.75) is 57.8 Å². The van der Waals surface area contributed by atoms with Crippen molar-refractivity contribution < 1.29 is 14.3 Å². The third-order valence-electron chi connectivity index (χ3n) is 5.38. The highest BCUT2D eigenvalue weighted by Crippen LogP contribution is 2.24. The Hall–Kier alpha value is -1.68. The average molecular weight is 343 g/mol. The van der Waals surface area contributed by atoms with E-state index < -0.39 is 0 Å². The van der Waals surface area contributed by atoms with Gasteiger partial charge >= 0.3 is 0 Å². The zero-order valence-corrected chi connectivity index (χ0v) is 15.0. The summed E-state index contributed by atoms with van der Waals surface area (Å²) in [6.07, 6.45) is 10.8. The zero-order chi connectivity index (χ0) is 17.5. The van der Waals surface area contributed by atoms with Crippen LogP contribution in [0.25, 0.3) is 0 Å². The Morgan fingerprint density at radius 2 is 1.52 bits per heavy atom. The number of hydrogen-bond donors (Lipinski definition) is 0. The standard InChI is InChI=1S/C21H29NO3/c23-20-18-12-6-7-13-19(18)21(24)22(20)14-8-1-2-9-15-25-16-17-10-4-3-5-11-17/h6-7,12-13,17H,1-5,8-11,14-16H2. The van der Waals surface area contributed by atoms with E-state index in [1.54, 1.807) is 24.3 Å². The van der Waals surface area contributed by atoms with Crippen LogP contribution in [-0.4, -0.2) is 36.5 Å². The van der Waals surface area contributed by atoms with Gasteiger partial charge in [0.15, 0.2) is 0 Å². The van der Waals surface area contributed by atoms with Gasteiger partial charge in [0.25, 0.3) is 11.8 Å². The van der Waals surface area contributed by atoms with Gasteiger partial charge in [-0.15, -0.1) is 0 Å². The maximum atomic E-state index is 12.2. The molecular weight excluding hydrogens is 314 g/mol. The summed E-state index contributed by atoms with van der Waals surface area (Å²) in [4.78, 5) is 25.9. The minimum atomic E-state index is -0.142. The molecule has 0 aromatic heterocycles. The maximum absolute atomic E-state index is 12.2. The first-order valence-electron chi connectivity index (χ1n) is 9.80. The van der Waals surface area contributed by atoms with E-state index in [1.165, 1.54) is 37.0 Å². The molecule has 1 aliphatic carbocycles.